The van der Waals surface area contributed by atoms with Gasteiger partial charge in [0.05, 0.1) is 0 Å². The van der Waals surface area contributed by atoms with Gasteiger partial charge in [-0.15, -0.1) is 0 Å². The Morgan fingerprint density at radius 1 is 1.56 bits per heavy atom. The standard InChI is InChI=1S/C9H12/c1-4-5-6-7-8-9(2)3/h6,8H,1,7H2,2-3H3. The van der Waals surface area contributed by atoms with Gasteiger partial charge in [0.25, 0.3) is 0 Å². The molecule has 0 radical (unpaired) electrons. The lowest BCUT2D eigenvalue weighted by molar-refractivity contribution is 1.28. The minimum Gasteiger partial charge on any atom is -0.0814 e. The van der Waals surface area contributed by atoms with Crippen LogP contribution in [0.5, 0.6) is 0 Å². The molecule has 0 nitrogen and oxygen atoms in total. The van der Waals surface area contributed by atoms with Crippen molar-refractivity contribution in [2.24, 2.45) is 0 Å². The van der Waals surface area contributed by atoms with Crippen LogP contribution in [-0.2, 0) is 0 Å². The van der Waals surface area contributed by atoms with Gasteiger partial charge in [-0.05, 0) is 32.9 Å². The topological polar surface area (TPSA) is 0 Å². The van der Waals surface area contributed by atoms with Crippen LogP contribution in [0, 0.1) is 0 Å². The number of hydrogen-bond acceptors (Lipinski definition) is 0. The van der Waals surface area contributed by atoms with Crippen LogP contribution in [0.4, 0.5) is 0 Å². The van der Waals surface area contributed by atoms with E-state index in [2.05, 4.69) is 38.0 Å². The smallest absolute Gasteiger partial charge is 0.00840 e. The first kappa shape index (κ1) is 8.04. The Morgan fingerprint density at radius 3 is 2.67 bits per heavy atom. The zero-order valence-electron chi connectivity index (χ0n) is 6.07. The van der Waals surface area contributed by atoms with Crippen molar-refractivity contribution in [3.8, 4) is 0 Å². The molecule has 0 atom stereocenters. The first-order chi connectivity index (χ1) is 4.27. The summed E-state index contributed by atoms with van der Waals surface area (Å²) in [6.45, 7) is 7.54. The molecule has 0 saturated heterocycles. The van der Waals surface area contributed by atoms with Gasteiger partial charge in [-0.1, -0.05) is 23.1 Å². The van der Waals surface area contributed by atoms with Gasteiger partial charge >= 0.3 is 0 Å². The van der Waals surface area contributed by atoms with Crippen molar-refractivity contribution in [3.05, 3.63) is 35.8 Å². The van der Waals surface area contributed by atoms with Crippen molar-refractivity contribution in [2.45, 2.75) is 20.3 Å². The van der Waals surface area contributed by atoms with Crippen molar-refractivity contribution >= 4 is 0 Å². The van der Waals surface area contributed by atoms with E-state index in [9.17, 15) is 0 Å². The summed E-state index contributed by atoms with van der Waals surface area (Å²) in [5, 5.41) is 0. The molecule has 0 aliphatic rings. The molecule has 48 valence electrons. The molecule has 0 spiro atoms. The molecule has 0 aliphatic heterocycles. The average Bonchev–Trinajstić information content (AvgIpc) is 1.80. The quantitative estimate of drug-likeness (QED) is 0.388. The molecule has 0 amide bonds. The molecule has 0 aromatic heterocycles. The fourth-order valence-corrected chi connectivity index (χ4v) is 0.426. The highest BCUT2D eigenvalue weighted by Gasteiger charge is 1.71. The molecule has 9 heavy (non-hydrogen) atoms. The highest BCUT2D eigenvalue weighted by molar-refractivity contribution is 4.98. The second-order valence-corrected chi connectivity index (χ2v) is 2.04. The first-order valence-electron chi connectivity index (χ1n) is 3.00. The summed E-state index contributed by atoms with van der Waals surface area (Å²) >= 11 is 0. The van der Waals surface area contributed by atoms with E-state index in [0.717, 1.165) is 6.42 Å². The molecular formula is C9H12. The van der Waals surface area contributed by atoms with E-state index >= 15 is 0 Å². The maximum absolute atomic E-state index is 3.39. The zero-order chi connectivity index (χ0) is 7.11. The molecule has 0 saturated carbocycles. The van der Waals surface area contributed by atoms with Crippen LogP contribution in [0.2, 0.25) is 0 Å². The Kier molecular flexibility index (Phi) is 4.63. The monoisotopic (exact) mass is 120 g/mol. The summed E-state index contributed by atoms with van der Waals surface area (Å²) in [6, 6.07) is 0. The Balaban J connectivity index is 3.66. The van der Waals surface area contributed by atoms with Gasteiger partial charge in [-0.3, -0.25) is 0 Å². The number of hydrogen-bond donors (Lipinski definition) is 0. The van der Waals surface area contributed by atoms with Crippen LogP contribution in [0.3, 0.4) is 0 Å². The van der Waals surface area contributed by atoms with E-state index in [4.69, 9.17) is 0 Å². The van der Waals surface area contributed by atoms with Crippen LogP contribution in [0.15, 0.2) is 35.8 Å². The maximum atomic E-state index is 3.39. The van der Waals surface area contributed by atoms with Gasteiger partial charge in [0.2, 0.25) is 0 Å². The third-order valence-corrected chi connectivity index (χ3v) is 0.848. The maximum Gasteiger partial charge on any atom is -0.00840 e. The lowest BCUT2D eigenvalue weighted by atomic mass is 10.3. The highest BCUT2D eigenvalue weighted by Crippen LogP contribution is 1.91. The Hall–Kier alpha value is -0.960. The van der Waals surface area contributed by atoms with Crippen molar-refractivity contribution in [3.63, 3.8) is 0 Å². The van der Waals surface area contributed by atoms with E-state index in [1.807, 2.05) is 6.08 Å². The summed E-state index contributed by atoms with van der Waals surface area (Å²) in [5.74, 6) is 0. The summed E-state index contributed by atoms with van der Waals surface area (Å²) in [5.41, 5.74) is 6.66. The molecule has 0 heterocycles. The van der Waals surface area contributed by atoms with Crippen LogP contribution in [0.1, 0.15) is 20.3 Å². The average molecular weight is 120 g/mol. The zero-order valence-corrected chi connectivity index (χ0v) is 6.07. The normalized spacial score (nSPS) is 6.89. The second-order valence-electron chi connectivity index (χ2n) is 2.04. The molecule has 0 unspecified atom stereocenters. The van der Waals surface area contributed by atoms with E-state index in [1.165, 1.54) is 5.57 Å². The lowest BCUT2D eigenvalue weighted by Gasteiger charge is -1.81. The predicted octanol–water partition coefficient (Wildman–Crippen LogP) is 2.84. The number of allylic oxidation sites excluding steroid dienone is 3. The summed E-state index contributed by atoms with van der Waals surface area (Å²) < 4.78 is 0. The van der Waals surface area contributed by atoms with Crippen molar-refractivity contribution < 1.29 is 0 Å². The minimum absolute atomic E-state index is 0.935. The Bertz CT molecular complexity index is 168. The highest BCUT2D eigenvalue weighted by atomic mass is 13.8. The van der Waals surface area contributed by atoms with Crippen LogP contribution in [-0.4, -0.2) is 0 Å². The van der Waals surface area contributed by atoms with Gasteiger partial charge in [0, 0.05) is 0 Å². The molecule has 0 aromatic carbocycles. The summed E-state index contributed by atoms with van der Waals surface area (Å²) in [6.07, 6.45) is 4.97. The summed E-state index contributed by atoms with van der Waals surface area (Å²) in [7, 11) is 0. The van der Waals surface area contributed by atoms with Crippen molar-refractivity contribution in [1.29, 1.82) is 0 Å². The largest absolute Gasteiger partial charge is 0.0814 e. The molecule has 0 aromatic rings. The van der Waals surface area contributed by atoms with Crippen LogP contribution in [0.25, 0.3) is 0 Å². The summed E-state index contributed by atoms with van der Waals surface area (Å²) in [4.78, 5) is 0. The molecule has 0 heteroatoms. The molecule has 0 bridgehead atoms. The molecule has 0 aliphatic carbocycles. The van der Waals surface area contributed by atoms with E-state index in [0.29, 0.717) is 0 Å². The first-order valence-corrected chi connectivity index (χ1v) is 3.00. The van der Waals surface area contributed by atoms with Gasteiger partial charge in [0.1, 0.15) is 0 Å². The van der Waals surface area contributed by atoms with Crippen molar-refractivity contribution in [1.82, 2.24) is 0 Å². The van der Waals surface area contributed by atoms with Gasteiger partial charge in [-0.2, -0.15) is 0 Å². The van der Waals surface area contributed by atoms with E-state index in [-0.39, 0.29) is 0 Å². The fraction of sp³-hybridized carbons (Fsp3) is 0.333. The molecule has 0 rings (SSSR count). The van der Waals surface area contributed by atoms with Crippen LogP contribution >= 0.6 is 0 Å². The van der Waals surface area contributed by atoms with Gasteiger partial charge < -0.3 is 0 Å². The predicted molar refractivity (Wildman–Crippen MR) is 41.3 cm³/mol. The molecule has 0 fully saturated rings. The van der Waals surface area contributed by atoms with Gasteiger partial charge in [-0.25, -0.2) is 0 Å². The van der Waals surface area contributed by atoms with Gasteiger partial charge in [0.15, 0.2) is 0 Å². The van der Waals surface area contributed by atoms with Crippen molar-refractivity contribution in [2.75, 3.05) is 0 Å². The minimum atomic E-state index is 0.935. The van der Waals surface area contributed by atoms with Crippen LogP contribution < -0.4 is 0 Å². The molecule has 0 N–H and O–H groups in total. The third-order valence-electron chi connectivity index (χ3n) is 0.848. The number of rotatable bonds is 2. The van der Waals surface area contributed by atoms with E-state index in [1.54, 1.807) is 0 Å². The third kappa shape index (κ3) is 7.04. The Labute approximate surface area is 56.9 Å². The molecular weight excluding hydrogens is 108 g/mol. The fourth-order valence-electron chi connectivity index (χ4n) is 0.426. The van der Waals surface area contributed by atoms with E-state index < -0.39 is 0 Å². The SMILES string of the molecule is C=C=C=CCC=C(C)C. The second kappa shape index (κ2) is 5.18. The Morgan fingerprint density at radius 2 is 2.22 bits per heavy atom. The lowest BCUT2D eigenvalue weighted by Crippen LogP contribution is -1.61.